The molecule has 0 fully saturated rings. The van der Waals surface area contributed by atoms with Crippen molar-refractivity contribution in [2.24, 2.45) is 5.41 Å². The number of aromatic nitrogens is 4. The molecule has 4 aromatic rings. The predicted octanol–water partition coefficient (Wildman–Crippen LogP) is 4.85. The number of fused-ring (bicyclic) bond motifs is 3. The summed E-state index contributed by atoms with van der Waals surface area (Å²) in [5.41, 5.74) is 11.5. The van der Waals surface area contributed by atoms with E-state index in [1.807, 2.05) is 24.3 Å². The van der Waals surface area contributed by atoms with Gasteiger partial charge in [-0.3, -0.25) is 4.79 Å². The van der Waals surface area contributed by atoms with Crippen LogP contribution in [0.3, 0.4) is 0 Å². The van der Waals surface area contributed by atoms with Crippen LogP contribution in [0.5, 0.6) is 5.88 Å². The summed E-state index contributed by atoms with van der Waals surface area (Å²) in [5, 5.41) is 4.65. The smallest absolute Gasteiger partial charge is 0.228 e. The standard InChI is InChI=1S/C27H25N5O2/c1-15-4-6-16(7-5-15)21-22-19(33)12-27(2,3)13-20(22)34-26-23(21)25-30-24(31-32(25)14-29-26)17-8-10-18(28)11-9-17/h4-11,14,21H,12-13,28H2,1-3H3. The zero-order valence-corrected chi connectivity index (χ0v) is 19.4. The van der Waals surface area contributed by atoms with Gasteiger partial charge in [-0.15, -0.1) is 5.10 Å². The van der Waals surface area contributed by atoms with Gasteiger partial charge < -0.3 is 10.5 Å². The second-order valence-corrected chi connectivity index (χ2v) is 10.0. The van der Waals surface area contributed by atoms with Crippen LogP contribution in [-0.4, -0.2) is 25.4 Å². The number of hydrogen-bond donors (Lipinski definition) is 1. The normalized spacial score (nSPS) is 19.0. The maximum absolute atomic E-state index is 13.5. The van der Waals surface area contributed by atoms with Gasteiger partial charge in [-0.05, 0) is 42.2 Å². The summed E-state index contributed by atoms with van der Waals surface area (Å²) >= 11 is 0. The molecule has 2 aromatic carbocycles. The molecule has 1 aliphatic carbocycles. The maximum Gasteiger partial charge on any atom is 0.228 e. The molecule has 6 rings (SSSR count). The van der Waals surface area contributed by atoms with E-state index in [4.69, 9.17) is 15.5 Å². The lowest BCUT2D eigenvalue weighted by Gasteiger charge is -2.37. The van der Waals surface area contributed by atoms with Crippen molar-refractivity contribution >= 4 is 17.1 Å². The molecule has 2 aliphatic rings. The second kappa shape index (κ2) is 7.25. The van der Waals surface area contributed by atoms with Crippen LogP contribution >= 0.6 is 0 Å². The van der Waals surface area contributed by atoms with Gasteiger partial charge in [0.15, 0.2) is 17.3 Å². The number of rotatable bonds is 2. The van der Waals surface area contributed by atoms with E-state index in [2.05, 4.69) is 55.1 Å². The third-order valence-electron chi connectivity index (χ3n) is 6.64. The minimum atomic E-state index is -0.317. The largest absolute Gasteiger partial charge is 0.442 e. The van der Waals surface area contributed by atoms with Crippen LogP contribution in [0, 0.1) is 12.3 Å². The zero-order chi connectivity index (χ0) is 23.6. The average molecular weight is 452 g/mol. The highest BCUT2D eigenvalue weighted by Crippen LogP contribution is 2.50. The summed E-state index contributed by atoms with van der Waals surface area (Å²) in [6, 6.07) is 15.7. The third-order valence-corrected chi connectivity index (χ3v) is 6.64. The van der Waals surface area contributed by atoms with Crippen LogP contribution in [-0.2, 0) is 4.79 Å². The Morgan fingerprint density at radius 1 is 1.06 bits per heavy atom. The molecule has 2 N–H and O–H groups in total. The van der Waals surface area contributed by atoms with Crippen LogP contribution in [0.15, 0.2) is 66.2 Å². The first-order chi connectivity index (χ1) is 16.3. The molecule has 2 aromatic heterocycles. The van der Waals surface area contributed by atoms with Crippen molar-refractivity contribution in [2.45, 2.75) is 39.5 Å². The second-order valence-electron chi connectivity index (χ2n) is 10.0. The SMILES string of the molecule is Cc1ccc(C2C3=C(CC(C)(C)CC3=O)Oc3ncn4nc(-c5ccc(N)cc5)nc4c32)cc1. The Kier molecular flexibility index (Phi) is 4.39. The minimum absolute atomic E-state index is 0.114. The van der Waals surface area contributed by atoms with Crippen molar-refractivity contribution in [1.29, 1.82) is 0 Å². The van der Waals surface area contributed by atoms with Gasteiger partial charge in [-0.25, -0.2) is 14.5 Å². The van der Waals surface area contributed by atoms with E-state index in [1.54, 1.807) is 10.8 Å². The molecule has 7 heteroatoms. The minimum Gasteiger partial charge on any atom is -0.442 e. The van der Waals surface area contributed by atoms with E-state index in [-0.39, 0.29) is 17.1 Å². The molecule has 7 nitrogen and oxygen atoms in total. The molecule has 0 saturated carbocycles. The van der Waals surface area contributed by atoms with Gasteiger partial charge in [-0.2, -0.15) is 0 Å². The molecule has 1 aliphatic heterocycles. The summed E-state index contributed by atoms with van der Waals surface area (Å²) in [6.07, 6.45) is 2.79. The van der Waals surface area contributed by atoms with Crippen molar-refractivity contribution < 1.29 is 9.53 Å². The Hall–Kier alpha value is -4.00. The van der Waals surface area contributed by atoms with E-state index in [9.17, 15) is 4.79 Å². The number of ketones is 1. The van der Waals surface area contributed by atoms with Gasteiger partial charge >= 0.3 is 0 Å². The van der Waals surface area contributed by atoms with Gasteiger partial charge in [0, 0.05) is 35.6 Å². The van der Waals surface area contributed by atoms with E-state index in [0.29, 0.717) is 41.5 Å². The van der Waals surface area contributed by atoms with Crippen LogP contribution < -0.4 is 10.5 Å². The lowest BCUT2D eigenvalue weighted by Crippen LogP contribution is -2.33. The molecule has 34 heavy (non-hydrogen) atoms. The van der Waals surface area contributed by atoms with Gasteiger partial charge in [0.25, 0.3) is 0 Å². The van der Waals surface area contributed by atoms with Gasteiger partial charge in [0.05, 0.1) is 5.56 Å². The van der Waals surface area contributed by atoms with Crippen LogP contribution in [0.4, 0.5) is 5.69 Å². The number of hydrogen-bond acceptors (Lipinski definition) is 6. The fraction of sp³-hybridized carbons (Fsp3) is 0.259. The monoisotopic (exact) mass is 451 g/mol. The molecule has 0 spiro atoms. The number of Topliss-reactive ketones (excluding diaryl/α,β-unsaturated/α-hetero) is 1. The Morgan fingerprint density at radius 2 is 1.79 bits per heavy atom. The summed E-state index contributed by atoms with van der Waals surface area (Å²) in [4.78, 5) is 23.0. The lowest BCUT2D eigenvalue weighted by atomic mass is 9.70. The van der Waals surface area contributed by atoms with E-state index < -0.39 is 0 Å². The first-order valence-corrected chi connectivity index (χ1v) is 11.4. The van der Waals surface area contributed by atoms with Gasteiger partial charge in [0.1, 0.15) is 12.1 Å². The summed E-state index contributed by atoms with van der Waals surface area (Å²) in [5.74, 6) is 1.56. The number of aryl methyl sites for hydroxylation is 1. The molecule has 0 amide bonds. The molecule has 0 bridgehead atoms. The molecule has 0 radical (unpaired) electrons. The Labute approximate surface area is 197 Å². The molecular weight excluding hydrogens is 426 g/mol. The van der Waals surface area contributed by atoms with Gasteiger partial charge in [-0.1, -0.05) is 43.7 Å². The maximum atomic E-state index is 13.5. The van der Waals surface area contributed by atoms with Crippen molar-refractivity contribution in [3.8, 4) is 17.3 Å². The topological polar surface area (TPSA) is 95.4 Å². The number of carbonyl (C=O) groups excluding carboxylic acids is 1. The number of allylic oxidation sites excluding steroid dienone is 2. The van der Waals surface area contributed by atoms with E-state index in [0.717, 1.165) is 28.0 Å². The van der Waals surface area contributed by atoms with Crippen molar-refractivity contribution in [3.05, 3.63) is 82.9 Å². The van der Waals surface area contributed by atoms with E-state index >= 15 is 0 Å². The van der Waals surface area contributed by atoms with Crippen LogP contribution in [0.25, 0.3) is 17.0 Å². The van der Waals surface area contributed by atoms with Crippen molar-refractivity contribution in [2.75, 3.05) is 5.73 Å². The molecule has 3 heterocycles. The molecular formula is C27H25N5O2. The first-order valence-electron chi connectivity index (χ1n) is 11.4. The first kappa shape index (κ1) is 20.6. The highest BCUT2D eigenvalue weighted by Gasteiger charge is 2.43. The fourth-order valence-electron chi connectivity index (χ4n) is 4.99. The quantitative estimate of drug-likeness (QED) is 0.438. The Balaban J connectivity index is 1.59. The van der Waals surface area contributed by atoms with E-state index in [1.165, 1.54) is 0 Å². The molecule has 170 valence electrons. The fourth-order valence-corrected chi connectivity index (χ4v) is 4.99. The summed E-state index contributed by atoms with van der Waals surface area (Å²) < 4.78 is 7.97. The Bertz CT molecular complexity index is 1480. The lowest BCUT2D eigenvalue weighted by molar-refractivity contribution is -0.118. The number of anilines is 1. The molecule has 1 atom stereocenters. The molecule has 1 unspecified atom stereocenters. The molecule has 0 saturated heterocycles. The highest BCUT2D eigenvalue weighted by atomic mass is 16.5. The van der Waals surface area contributed by atoms with Crippen LogP contribution in [0.1, 0.15) is 49.3 Å². The van der Waals surface area contributed by atoms with Crippen molar-refractivity contribution in [3.63, 3.8) is 0 Å². The summed E-state index contributed by atoms with van der Waals surface area (Å²) in [7, 11) is 0. The summed E-state index contributed by atoms with van der Waals surface area (Å²) in [6.45, 7) is 6.25. The number of nitrogens with zero attached hydrogens (tertiary/aromatic N) is 4. The Morgan fingerprint density at radius 3 is 2.53 bits per heavy atom. The predicted molar refractivity (Wildman–Crippen MR) is 129 cm³/mol. The number of carbonyl (C=O) groups is 1. The number of nitrogens with two attached hydrogens (primary N) is 1. The highest BCUT2D eigenvalue weighted by molar-refractivity contribution is 6.00. The number of benzene rings is 2. The third kappa shape index (κ3) is 3.27. The van der Waals surface area contributed by atoms with Crippen molar-refractivity contribution in [1.82, 2.24) is 19.6 Å². The average Bonchev–Trinajstić information content (AvgIpc) is 3.22. The zero-order valence-electron chi connectivity index (χ0n) is 19.4. The van der Waals surface area contributed by atoms with Crippen LogP contribution in [0.2, 0.25) is 0 Å². The number of nitrogen functional groups attached to an aromatic ring is 1. The number of ether oxygens (including phenoxy) is 1. The van der Waals surface area contributed by atoms with Gasteiger partial charge in [0.2, 0.25) is 5.88 Å².